The van der Waals surface area contributed by atoms with Crippen LogP contribution in [-0.4, -0.2) is 41.1 Å². The predicted octanol–water partition coefficient (Wildman–Crippen LogP) is 1.29. The Labute approximate surface area is 101 Å². The lowest BCUT2D eigenvalue weighted by molar-refractivity contribution is -0.143. The number of amides is 2. The summed E-state index contributed by atoms with van der Waals surface area (Å²) in [4.78, 5) is 24.5. The molecule has 2 fully saturated rings. The number of carboxylic acids is 1. The Bertz CT molecular complexity index is 319. The van der Waals surface area contributed by atoms with Gasteiger partial charge in [0.2, 0.25) is 0 Å². The summed E-state index contributed by atoms with van der Waals surface area (Å²) in [6.45, 7) is 3.16. The molecule has 5 heteroatoms. The Morgan fingerprint density at radius 3 is 2.59 bits per heavy atom. The molecule has 96 valence electrons. The first-order valence-corrected chi connectivity index (χ1v) is 6.36. The van der Waals surface area contributed by atoms with Gasteiger partial charge in [0.05, 0.1) is 5.92 Å². The molecule has 1 aliphatic heterocycles. The Kier molecular flexibility index (Phi) is 3.54. The van der Waals surface area contributed by atoms with Crippen molar-refractivity contribution >= 4 is 12.0 Å². The lowest BCUT2D eigenvalue weighted by Crippen LogP contribution is -2.53. The van der Waals surface area contributed by atoms with Crippen LogP contribution in [0.5, 0.6) is 0 Å². The molecule has 0 radical (unpaired) electrons. The van der Waals surface area contributed by atoms with Crippen LogP contribution in [0.1, 0.15) is 32.6 Å². The first-order valence-electron chi connectivity index (χ1n) is 6.36. The number of hydrogen-bond acceptors (Lipinski definition) is 2. The minimum Gasteiger partial charge on any atom is -0.481 e. The maximum Gasteiger partial charge on any atom is 0.317 e. The summed E-state index contributed by atoms with van der Waals surface area (Å²) in [6, 6.07) is 0.195. The Hall–Kier alpha value is -1.26. The van der Waals surface area contributed by atoms with Crippen molar-refractivity contribution in [2.24, 2.45) is 11.8 Å². The number of piperidine rings is 1. The van der Waals surface area contributed by atoms with E-state index >= 15 is 0 Å². The Morgan fingerprint density at radius 2 is 2.06 bits per heavy atom. The quantitative estimate of drug-likeness (QED) is 0.764. The number of carboxylic acid groups (broad SMARTS) is 1. The Balaban J connectivity index is 1.84. The number of urea groups is 1. The molecule has 2 aliphatic rings. The van der Waals surface area contributed by atoms with Crippen molar-refractivity contribution in [1.29, 1.82) is 0 Å². The molecule has 2 N–H and O–H groups in total. The van der Waals surface area contributed by atoms with Crippen LogP contribution in [0.25, 0.3) is 0 Å². The molecule has 1 saturated carbocycles. The normalized spacial score (nSPS) is 32.8. The first kappa shape index (κ1) is 12.2. The molecule has 0 aromatic carbocycles. The number of carbonyl (C=O) groups excluding carboxylic acids is 1. The van der Waals surface area contributed by atoms with E-state index in [0.717, 1.165) is 12.8 Å². The summed E-state index contributed by atoms with van der Waals surface area (Å²) in [5, 5.41) is 12.0. The van der Waals surface area contributed by atoms with Crippen molar-refractivity contribution in [3.05, 3.63) is 0 Å². The van der Waals surface area contributed by atoms with E-state index in [-0.39, 0.29) is 12.1 Å². The van der Waals surface area contributed by atoms with Gasteiger partial charge in [0.15, 0.2) is 0 Å². The highest BCUT2D eigenvalue weighted by Crippen LogP contribution is 2.27. The fraction of sp³-hybridized carbons (Fsp3) is 0.833. The van der Waals surface area contributed by atoms with Crippen molar-refractivity contribution in [3.63, 3.8) is 0 Å². The van der Waals surface area contributed by atoms with E-state index in [2.05, 4.69) is 12.2 Å². The van der Waals surface area contributed by atoms with Gasteiger partial charge in [0, 0.05) is 19.1 Å². The summed E-state index contributed by atoms with van der Waals surface area (Å²) in [7, 11) is 0. The number of nitrogens with zero attached hydrogens (tertiary/aromatic N) is 1. The molecule has 1 aliphatic carbocycles. The van der Waals surface area contributed by atoms with E-state index in [0.29, 0.717) is 25.4 Å². The van der Waals surface area contributed by atoms with E-state index in [1.807, 2.05) is 0 Å². The van der Waals surface area contributed by atoms with Crippen LogP contribution in [0, 0.1) is 11.8 Å². The van der Waals surface area contributed by atoms with E-state index in [9.17, 15) is 9.59 Å². The van der Waals surface area contributed by atoms with E-state index in [1.165, 1.54) is 6.42 Å². The molecule has 5 nitrogen and oxygen atoms in total. The summed E-state index contributed by atoms with van der Waals surface area (Å²) in [6.07, 6.45) is 3.68. The lowest BCUT2D eigenvalue weighted by Gasteiger charge is -2.38. The van der Waals surface area contributed by atoms with E-state index in [4.69, 9.17) is 5.11 Å². The summed E-state index contributed by atoms with van der Waals surface area (Å²) >= 11 is 0. The topological polar surface area (TPSA) is 69.6 Å². The molecule has 1 saturated heterocycles. The minimum absolute atomic E-state index is 0.0903. The largest absolute Gasteiger partial charge is 0.481 e. The molecule has 2 amide bonds. The Morgan fingerprint density at radius 1 is 1.29 bits per heavy atom. The molecule has 2 rings (SSSR count). The summed E-state index contributed by atoms with van der Waals surface area (Å²) in [5.74, 6) is -0.633. The molecule has 1 heterocycles. The molecule has 0 aromatic heterocycles. The van der Waals surface area contributed by atoms with Gasteiger partial charge < -0.3 is 15.3 Å². The summed E-state index contributed by atoms with van der Waals surface area (Å²) < 4.78 is 0. The van der Waals surface area contributed by atoms with Crippen LogP contribution in [0.4, 0.5) is 4.79 Å². The third-order valence-corrected chi connectivity index (χ3v) is 3.99. The van der Waals surface area contributed by atoms with Crippen molar-refractivity contribution in [2.75, 3.05) is 13.1 Å². The lowest BCUT2D eigenvalue weighted by atomic mass is 9.81. The second kappa shape index (κ2) is 4.94. The molecular weight excluding hydrogens is 220 g/mol. The fourth-order valence-electron chi connectivity index (χ4n) is 2.49. The maximum absolute atomic E-state index is 11.9. The molecule has 17 heavy (non-hydrogen) atoms. The SMILES string of the molecule is CC1CCC1NC(=O)N1CCCC(C(=O)O)C1. The van der Waals surface area contributed by atoms with Gasteiger partial charge >= 0.3 is 12.0 Å². The van der Waals surface area contributed by atoms with Crippen molar-refractivity contribution in [3.8, 4) is 0 Å². The number of aliphatic carboxylic acids is 1. The van der Waals surface area contributed by atoms with Gasteiger partial charge in [-0.3, -0.25) is 4.79 Å². The van der Waals surface area contributed by atoms with Gasteiger partial charge in [-0.05, 0) is 31.6 Å². The average Bonchev–Trinajstić information content (AvgIpc) is 2.34. The van der Waals surface area contributed by atoms with Crippen LogP contribution >= 0.6 is 0 Å². The second-order valence-corrected chi connectivity index (χ2v) is 5.23. The zero-order valence-corrected chi connectivity index (χ0v) is 10.2. The number of rotatable bonds is 2. The zero-order chi connectivity index (χ0) is 12.4. The third-order valence-electron chi connectivity index (χ3n) is 3.99. The third kappa shape index (κ3) is 2.70. The molecule has 0 bridgehead atoms. The number of likely N-dealkylation sites (tertiary alicyclic amines) is 1. The average molecular weight is 240 g/mol. The molecular formula is C12H20N2O3. The standard InChI is InChI=1S/C12H20N2O3/c1-8-4-5-10(8)13-12(17)14-6-2-3-9(7-14)11(15)16/h8-10H,2-7H2,1H3,(H,13,17)(H,15,16). The van der Waals surface area contributed by atoms with Crippen molar-refractivity contribution in [1.82, 2.24) is 10.2 Å². The smallest absolute Gasteiger partial charge is 0.317 e. The van der Waals surface area contributed by atoms with Gasteiger partial charge in [-0.25, -0.2) is 4.79 Å². The number of hydrogen-bond donors (Lipinski definition) is 2. The van der Waals surface area contributed by atoms with Crippen LogP contribution in [0.3, 0.4) is 0 Å². The van der Waals surface area contributed by atoms with Gasteiger partial charge in [-0.1, -0.05) is 6.92 Å². The molecule has 3 atom stereocenters. The molecule has 0 aromatic rings. The number of carbonyl (C=O) groups is 2. The van der Waals surface area contributed by atoms with Gasteiger partial charge in [0.25, 0.3) is 0 Å². The summed E-state index contributed by atoms with van der Waals surface area (Å²) in [5.41, 5.74) is 0. The van der Waals surface area contributed by atoms with Gasteiger partial charge in [-0.15, -0.1) is 0 Å². The molecule has 3 unspecified atom stereocenters. The predicted molar refractivity (Wildman–Crippen MR) is 62.7 cm³/mol. The zero-order valence-electron chi connectivity index (χ0n) is 10.2. The minimum atomic E-state index is -0.792. The highest BCUT2D eigenvalue weighted by molar-refractivity contribution is 5.76. The van der Waals surface area contributed by atoms with Crippen molar-refractivity contribution < 1.29 is 14.7 Å². The van der Waals surface area contributed by atoms with Crippen molar-refractivity contribution in [2.45, 2.75) is 38.6 Å². The van der Waals surface area contributed by atoms with E-state index in [1.54, 1.807) is 4.90 Å². The highest BCUT2D eigenvalue weighted by atomic mass is 16.4. The maximum atomic E-state index is 11.9. The van der Waals surface area contributed by atoms with Gasteiger partial charge in [0.1, 0.15) is 0 Å². The van der Waals surface area contributed by atoms with Crippen LogP contribution in [0.15, 0.2) is 0 Å². The van der Waals surface area contributed by atoms with Crippen LogP contribution < -0.4 is 5.32 Å². The highest BCUT2D eigenvalue weighted by Gasteiger charge is 2.32. The fourth-order valence-corrected chi connectivity index (χ4v) is 2.49. The number of nitrogens with one attached hydrogen (secondary N) is 1. The van der Waals surface area contributed by atoms with Crippen LogP contribution in [0.2, 0.25) is 0 Å². The van der Waals surface area contributed by atoms with E-state index < -0.39 is 11.9 Å². The monoisotopic (exact) mass is 240 g/mol. The second-order valence-electron chi connectivity index (χ2n) is 5.23. The van der Waals surface area contributed by atoms with Gasteiger partial charge in [-0.2, -0.15) is 0 Å². The first-order chi connectivity index (χ1) is 8.08. The molecule has 0 spiro atoms. The van der Waals surface area contributed by atoms with Crippen LogP contribution in [-0.2, 0) is 4.79 Å².